The summed E-state index contributed by atoms with van der Waals surface area (Å²) in [6.07, 6.45) is 2.47. The van der Waals surface area contributed by atoms with Crippen molar-refractivity contribution in [1.29, 1.82) is 0 Å². The molecule has 0 bridgehead atoms. The predicted molar refractivity (Wildman–Crippen MR) is 109 cm³/mol. The minimum Gasteiger partial charge on any atom is -0.348 e. The van der Waals surface area contributed by atoms with Crippen LogP contribution in [0, 0.1) is 13.8 Å². The summed E-state index contributed by atoms with van der Waals surface area (Å²) in [6, 6.07) is 8.77. The van der Waals surface area contributed by atoms with E-state index < -0.39 is 10.0 Å². The van der Waals surface area contributed by atoms with E-state index in [1.54, 1.807) is 23.5 Å². The molecule has 0 aliphatic carbocycles. The van der Waals surface area contributed by atoms with E-state index in [4.69, 9.17) is 10.1 Å². The zero-order valence-electron chi connectivity index (χ0n) is 15.3. The molecule has 1 fully saturated rings. The van der Waals surface area contributed by atoms with Crippen molar-refractivity contribution in [2.45, 2.75) is 31.6 Å². The molecule has 142 valence electrons. The smallest absolute Gasteiger partial charge is 0.238 e. The minimum atomic E-state index is -3.69. The summed E-state index contributed by atoms with van der Waals surface area (Å²) in [5.74, 6) is 0. The molecule has 6 nitrogen and oxygen atoms in total. The average molecular weight is 403 g/mol. The Bertz CT molecular complexity index is 1080. The zero-order valence-corrected chi connectivity index (χ0v) is 17.0. The monoisotopic (exact) mass is 402 g/mol. The van der Waals surface area contributed by atoms with Crippen molar-refractivity contribution in [1.82, 2.24) is 9.55 Å². The fraction of sp³-hybridized carbons (Fsp3) is 0.316. The van der Waals surface area contributed by atoms with Gasteiger partial charge in [-0.3, -0.25) is 0 Å². The second-order valence-corrected chi connectivity index (χ2v) is 9.27. The lowest BCUT2D eigenvalue weighted by Gasteiger charge is -2.12. The van der Waals surface area contributed by atoms with Crippen molar-refractivity contribution < 1.29 is 8.42 Å². The van der Waals surface area contributed by atoms with E-state index in [9.17, 15) is 8.42 Å². The highest BCUT2D eigenvalue weighted by molar-refractivity contribution is 7.89. The summed E-state index contributed by atoms with van der Waals surface area (Å²) in [6.45, 7) is 6.27. The number of nitrogens with zero attached hydrogens (tertiary/aromatic N) is 3. The van der Waals surface area contributed by atoms with Gasteiger partial charge >= 0.3 is 0 Å². The Hall–Kier alpha value is -2.16. The van der Waals surface area contributed by atoms with Gasteiger partial charge < -0.3 is 9.47 Å². The summed E-state index contributed by atoms with van der Waals surface area (Å²) in [4.78, 5) is 7.31. The SMILES string of the molecule is Cc1cc(-c2csc(N3CCCC3)n2)c(C)n1-c1ccc(S(N)(=O)=O)cc1. The molecule has 4 rings (SSSR count). The number of rotatable bonds is 4. The molecule has 2 aromatic heterocycles. The molecule has 27 heavy (non-hydrogen) atoms. The molecule has 1 aromatic carbocycles. The fourth-order valence-corrected chi connectivity index (χ4v) is 5.04. The normalized spacial score (nSPS) is 14.9. The molecular formula is C19H22N4O2S2. The predicted octanol–water partition coefficient (Wildman–Crippen LogP) is 3.47. The summed E-state index contributed by atoms with van der Waals surface area (Å²) >= 11 is 1.69. The number of hydrogen-bond acceptors (Lipinski definition) is 5. The van der Waals surface area contributed by atoms with Gasteiger partial charge in [0.05, 0.1) is 10.6 Å². The summed E-state index contributed by atoms with van der Waals surface area (Å²) < 4.78 is 25.1. The highest BCUT2D eigenvalue weighted by Gasteiger charge is 2.19. The van der Waals surface area contributed by atoms with Gasteiger partial charge in [-0.05, 0) is 57.0 Å². The van der Waals surface area contributed by atoms with Crippen LogP contribution >= 0.6 is 11.3 Å². The molecule has 2 N–H and O–H groups in total. The minimum absolute atomic E-state index is 0.115. The highest BCUT2D eigenvalue weighted by Crippen LogP contribution is 2.33. The Balaban J connectivity index is 1.70. The number of anilines is 1. The van der Waals surface area contributed by atoms with Crippen LogP contribution < -0.4 is 10.0 Å². The molecule has 0 amide bonds. The second-order valence-electron chi connectivity index (χ2n) is 6.87. The number of primary sulfonamides is 1. The Labute approximate surface area is 163 Å². The van der Waals surface area contributed by atoms with E-state index in [1.165, 1.54) is 25.0 Å². The quantitative estimate of drug-likeness (QED) is 0.725. The lowest BCUT2D eigenvalue weighted by Crippen LogP contribution is -2.17. The average Bonchev–Trinajstić information content (AvgIpc) is 3.34. The van der Waals surface area contributed by atoms with Gasteiger partial charge in [0.2, 0.25) is 10.0 Å². The molecule has 1 saturated heterocycles. The van der Waals surface area contributed by atoms with Crippen molar-refractivity contribution in [3.63, 3.8) is 0 Å². The van der Waals surface area contributed by atoms with Crippen molar-refractivity contribution in [3.8, 4) is 16.9 Å². The molecule has 0 saturated carbocycles. The van der Waals surface area contributed by atoms with Crippen molar-refractivity contribution in [2.75, 3.05) is 18.0 Å². The topological polar surface area (TPSA) is 81.2 Å². The van der Waals surface area contributed by atoms with Gasteiger partial charge in [-0.25, -0.2) is 18.5 Å². The maximum Gasteiger partial charge on any atom is 0.238 e. The molecule has 3 heterocycles. The zero-order chi connectivity index (χ0) is 19.2. The van der Waals surface area contributed by atoms with Crippen molar-refractivity contribution in [3.05, 3.63) is 47.1 Å². The van der Waals surface area contributed by atoms with Gasteiger partial charge in [0.25, 0.3) is 0 Å². The molecule has 8 heteroatoms. The maximum absolute atomic E-state index is 11.5. The molecule has 0 atom stereocenters. The van der Waals surface area contributed by atoms with Gasteiger partial charge in [0, 0.05) is 41.1 Å². The molecule has 0 spiro atoms. The van der Waals surface area contributed by atoms with Crippen LogP contribution in [-0.4, -0.2) is 31.1 Å². The van der Waals surface area contributed by atoms with Crippen LogP contribution in [0.3, 0.4) is 0 Å². The van der Waals surface area contributed by atoms with Gasteiger partial charge in [0.15, 0.2) is 5.13 Å². The Morgan fingerprint density at radius 2 is 1.78 bits per heavy atom. The van der Waals surface area contributed by atoms with Crippen molar-refractivity contribution >= 4 is 26.5 Å². The van der Waals surface area contributed by atoms with E-state index in [2.05, 4.69) is 27.8 Å². The third-order valence-electron chi connectivity index (χ3n) is 5.00. The molecule has 3 aromatic rings. The van der Waals surface area contributed by atoms with Gasteiger partial charge in [0.1, 0.15) is 0 Å². The number of aromatic nitrogens is 2. The molecule has 1 aliphatic heterocycles. The van der Waals surface area contributed by atoms with E-state index in [-0.39, 0.29) is 4.90 Å². The first-order valence-electron chi connectivity index (χ1n) is 8.87. The third kappa shape index (κ3) is 3.40. The summed E-state index contributed by atoms with van der Waals surface area (Å²) in [7, 11) is -3.69. The van der Waals surface area contributed by atoms with E-state index in [0.717, 1.165) is 46.6 Å². The van der Waals surface area contributed by atoms with Crippen LogP contribution in [0.5, 0.6) is 0 Å². The molecule has 0 unspecified atom stereocenters. The molecule has 1 aliphatic rings. The van der Waals surface area contributed by atoms with Crippen LogP contribution in [0.15, 0.2) is 40.6 Å². The Morgan fingerprint density at radius 3 is 2.41 bits per heavy atom. The lowest BCUT2D eigenvalue weighted by atomic mass is 10.2. The van der Waals surface area contributed by atoms with Crippen molar-refractivity contribution in [2.24, 2.45) is 5.14 Å². The van der Waals surface area contributed by atoms with Crippen LogP contribution in [0.4, 0.5) is 5.13 Å². The number of nitrogens with two attached hydrogens (primary N) is 1. The molecule has 0 radical (unpaired) electrons. The number of benzene rings is 1. The first-order valence-corrected chi connectivity index (χ1v) is 11.3. The maximum atomic E-state index is 11.5. The Morgan fingerprint density at radius 1 is 1.11 bits per heavy atom. The van der Waals surface area contributed by atoms with E-state index in [0.29, 0.717) is 0 Å². The van der Waals surface area contributed by atoms with Crippen LogP contribution in [0.1, 0.15) is 24.2 Å². The van der Waals surface area contributed by atoms with Gasteiger partial charge in [-0.15, -0.1) is 11.3 Å². The number of hydrogen-bond donors (Lipinski definition) is 1. The van der Waals surface area contributed by atoms with Crippen LogP contribution in [0.25, 0.3) is 16.9 Å². The first-order chi connectivity index (χ1) is 12.8. The first kappa shape index (κ1) is 18.2. The van der Waals surface area contributed by atoms with Gasteiger partial charge in [-0.2, -0.15) is 0 Å². The molecular weight excluding hydrogens is 380 g/mol. The van der Waals surface area contributed by atoms with Crippen LogP contribution in [-0.2, 0) is 10.0 Å². The number of sulfonamides is 1. The summed E-state index contributed by atoms with van der Waals surface area (Å²) in [5.41, 5.74) is 5.14. The van der Waals surface area contributed by atoms with Gasteiger partial charge in [-0.1, -0.05) is 0 Å². The lowest BCUT2D eigenvalue weighted by molar-refractivity contribution is 0.598. The highest BCUT2D eigenvalue weighted by atomic mass is 32.2. The van der Waals surface area contributed by atoms with E-state index >= 15 is 0 Å². The Kier molecular flexibility index (Phi) is 4.57. The second kappa shape index (κ2) is 6.78. The largest absolute Gasteiger partial charge is 0.348 e. The number of aryl methyl sites for hydroxylation is 1. The van der Waals surface area contributed by atoms with Crippen LogP contribution in [0.2, 0.25) is 0 Å². The number of thiazole rings is 1. The fourth-order valence-electron chi connectivity index (χ4n) is 3.65. The standard InChI is InChI=1S/C19H22N4O2S2/c1-13-11-17(18-12-26-19(21-18)22-9-3-4-10-22)14(2)23(13)15-5-7-16(8-6-15)27(20,24)25/h5-8,11-12H,3-4,9-10H2,1-2H3,(H2,20,24,25). The summed E-state index contributed by atoms with van der Waals surface area (Å²) in [5, 5.41) is 8.40. The van der Waals surface area contributed by atoms with E-state index in [1.807, 2.05) is 6.92 Å². The third-order valence-corrected chi connectivity index (χ3v) is 6.83.